The van der Waals surface area contributed by atoms with Crippen LogP contribution in [0.1, 0.15) is 6.92 Å². The first-order valence-electron chi connectivity index (χ1n) is 3.37. The van der Waals surface area contributed by atoms with Gasteiger partial charge in [0, 0.05) is 6.92 Å². The van der Waals surface area contributed by atoms with E-state index in [9.17, 15) is 22.6 Å². The zero-order valence-electron chi connectivity index (χ0n) is 7.68. The summed E-state index contributed by atoms with van der Waals surface area (Å²) < 4.78 is 31.1. The molecule has 0 aromatic heterocycles. The van der Waals surface area contributed by atoms with Crippen LogP contribution in [0.3, 0.4) is 0 Å². The Balaban J connectivity index is 0.00000169. The fraction of sp³-hybridized carbons (Fsp3) is 0.600. The molecule has 14 heavy (non-hydrogen) atoms. The van der Waals surface area contributed by atoms with Crippen molar-refractivity contribution in [2.45, 2.75) is 13.0 Å². The van der Waals surface area contributed by atoms with Gasteiger partial charge in [-0.15, -0.1) is 0 Å². The van der Waals surface area contributed by atoms with Gasteiger partial charge >= 0.3 is 51.4 Å². The molecule has 9 heteroatoms. The van der Waals surface area contributed by atoms with Crippen LogP contribution in [0.2, 0.25) is 0 Å². The van der Waals surface area contributed by atoms with Crippen LogP contribution in [-0.2, 0) is 19.9 Å². The summed E-state index contributed by atoms with van der Waals surface area (Å²) in [6, 6.07) is -0.874. The van der Waals surface area contributed by atoms with Crippen LogP contribution in [-0.4, -0.2) is 41.7 Å². The number of β-lactam (4-membered cyclic amide) rings is 1. The van der Waals surface area contributed by atoms with Gasteiger partial charge in [0.2, 0.25) is 5.91 Å². The summed E-state index contributed by atoms with van der Waals surface area (Å²) in [6.07, 6.45) is 0. The minimum Gasteiger partial charge on any atom is -0.731 e. The Labute approximate surface area is 124 Å². The predicted molar refractivity (Wildman–Crippen MR) is 39.0 cm³/mol. The number of carbonyl (C=O) groups excluding carboxylic acids is 2. The Kier molecular flexibility index (Phi) is 5.18. The molecular weight excluding hydrogens is 239 g/mol. The Morgan fingerprint density at radius 2 is 2.14 bits per heavy atom. The third-order valence-electron chi connectivity index (χ3n) is 1.54. The minimum absolute atomic E-state index is 0. The van der Waals surface area contributed by atoms with Crippen molar-refractivity contribution in [1.29, 1.82) is 0 Å². The van der Waals surface area contributed by atoms with Crippen molar-refractivity contribution in [3.05, 3.63) is 0 Å². The van der Waals surface area contributed by atoms with Crippen molar-refractivity contribution in [3.8, 4) is 0 Å². The van der Waals surface area contributed by atoms with Crippen LogP contribution in [0.5, 0.6) is 0 Å². The second kappa shape index (κ2) is 5.01. The molecule has 0 radical (unpaired) electrons. The van der Waals surface area contributed by atoms with Gasteiger partial charge in [-0.1, -0.05) is 0 Å². The second-order valence-corrected chi connectivity index (χ2v) is 3.88. The third kappa shape index (κ3) is 3.26. The summed E-state index contributed by atoms with van der Waals surface area (Å²) in [7, 11) is -4.70. The van der Waals surface area contributed by atoms with Gasteiger partial charge in [-0.25, -0.2) is 12.7 Å². The first-order valence-corrected chi connectivity index (χ1v) is 4.73. The molecule has 0 bridgehead atoms. The van der Waals surface area contributed by atoms with Gasteiger partial charge in [-0.2, -0.15) is 0 Å². The Morgan fingerprint density at radius 3 is 2.43 bits per heavy atom. The van der Waals surface area contributed by atoms with E-state index in [2.05, 4.69) is 5.32 Å². The zero-order chi connectivity index (χ0) is 10.2. The van der Waals surface area contributed by atoms with E-state index in [4.69, 9.17) is 0 Å². The van der Waals surface area contributed by atoms with E-state index < -0.39 is 28.2 Å². The van der Waals surface area contributed by atoms with Crippen molar-refractivity contribution in [2.24, 2.45) is 0 Å². The van der Waals surface area contributed by atoms with E-state index >= 15 is 0 Å². The average Bonchev–Trinajstić information content (AvgIpc) is 1.93. The Bertz CT molecular complexity index is 353. The third-order valence-corrected chi connectivity index (χ3v) is 2.41. The van der Waals surface area contributed by atoms with Crippen LogP contribution in [0.15, 0.2) is 0 Å². The minimum atomic E-state index is -4.70. The normalized spacial score (nSPS) is 20.9. The van der Waals surface area contributed by atoms with Gasteiger partial charge in [-0.3, -0.25) is 9.59 Å². The molecule has 1 heterocycles. The van der Waals surface area contributed by atoms with Gasteiger partial charge in [-0.05, 0) is 0 Å². The largest absolute Gasteiger partial charge is 1.00 e. The van der Waals surface area contributed by atoms with E-state index in [1.165, 1.54) is 6.92 Å². The van der Waals surface area contributed by atoms with Crippen molar-refractivity contribution in [1.82, 2.24) is 9.62 Å². The first kappa shape index (κ1) is 14.5. The van der Waals surface area contributed by atoms with Gasteiger partial charge in [0.1, 0.15) is 6.04 Å². The van der Waals surface area contributed by atoms with E-state index in [0.717, 1.165) is 0 Å². The molecule has 1 rings (SSSR count). The number of nitrogens with one attached hydrogen (secondary N) is 1. The summed E-state index contributed by atoms with van der Waals surface area (Å²) in [5.74, 6) is -1.33. The number of amides is 2. The van der Waals surface area contributed by atoms with Crippen molar-refractivity contribution >= 4 is 22.1 Å². The van der Waals surface area contributed by atoms with E-state index in [-0.39, 0.29) is 62.2 Å². The number of hydrogen-bond donors (Lipinski definition) is 1. The summed E-state index contributed by atoms with van der Waals surface area (Å²) in [6.45, 7) is 0.923. The maximum absolute atomic E-state index is 10.9. The Hall–Kier alpha value is 0.486. The molecule has 0 saturated carbocycles. The van der Waals surface area contributed by atoms with E-state index in [1.807, 2.05) is 0 Å². The predicted octanol–water partition coefficient (Wildman–Crippen LogP) is -5.20. The topological polar surface area (TPSA) is 107 Å². The molecule has 0 aromatic carbocycles. The maximum Gasteiger partial charge on any atom is 1.00 e. The first-order chi connectivity index (χ1) is 5.82. The van der Waals surface area contributed by atoms with Crippen molar-refractivity contribution in [2.75, 3.05) is 6.54 Å². The molecule has 0 spiro atoms. The number of hydrogen-bond acceptors (Lipinski definition) is 5. The molecule has 1 fully saturated rings. The second-order valence-electron chi connectivity index (χ2n) is 2.58. The summed E-state index contributed by atoms with van der Waals surface area (Å²) >= 11 is 0. The van der Waals surface area contributed by atoms with Crippen molar-refractivity contribution < 1.29 is 73.9 Å². The van der Waals surface area contributed by atoms with Gasteiger partial charge in [0.25, 0.3) is 5.91 Å². The average molecular weight is 246 g/mol. The number of nitrogens with zero attached hydrogens (tertiary/aromatic N) is 1. The quantitative estimate of drug-likeness (QED) is 0.298. The monoisotopic (exact) mass is 246 g/mol. The molecule has 1 aliphatic rings. The molecule has 1 saturated heterocycles. The maximum atomic E-state index is 10.9. The molecule has 1 N–H and O–H groups in total. The summed E-state index contributed by atoms with van der Waals surface area (Å²) in [4.78, 5) is 21.3. The fourth-order valence-electron chi connectivity index (χ4n) is 0.949. The van der Waals surface area contributed by atoms with Crippen LogP contribution < -0.4 is 56.7 Å². The zero-order valence-corrected chi connectivity index (χ0v) is 11.6. The number of rotatable bonds is 2. The van der Waals surface area contributed by atoms with Crippen LogP contribution in [0.25, 0.3) is 0 Å². The molecule has 1 atom stereocenters. The molecule has 1 aliphatic heterocycles. The summed E-state index contributed by atoms with van der Waals surface area (Å²) in [5, 5.41) is 2.20. The SMILES string of the molecule is CC(=O)NC1CN(S(=O)(=O)[O-])C1=O.[K+]. The summed E-state index contributed by atoms with van der Waals surface area (Å²) in [5.41, 5.74) is 0. The molecule has 1 unspecified atom stereocenters. The van der Waals surface area contributed by atoms with Crippen molar-refractivity contribution in [3.63, 3.8) is 0 Å². The molecule has 2 amide bonds. The van der Waals surface area contributed by atoms with Crippen LogP contribution >= 0.6 is 0 Å². The molecule has 0 aromatic rings. The van der Waals surface area contributed by atoms with E-state index in [0.29, 0.717) is 0 Å². The van der Waals surface area contributed by atoms with Crippen LogP contribution in [0, 0.1) is 0 Å². The van der Waals surface area contributed by atoms with Crippen LogP contribution in [0.4, 0.5) is 0 Å². The smallest absolute Gasteiger partial charge is 0.731 e. The van der Waals surface area contributed by atoms with Gasteiger partial charge in [0.15, 0.2) is 10.3 Å². The molecular formula is C5H7KN2O5S. The van der Waals surface area contributed by atoms with E-state index in [1.54, 1.807) is 0 Å². The molecule has 0 aliphatic carbocycles. The van der Waals surface area contributed by atoms with Gasteiger partial charge in [0.05, 0.1) is 6.54 Å². The molecule has 74 valence electrons. The number of carbonyl (C=O) groups is 2. The van der Waals surface area contributed by atoms with Gasteiger partial charge < -0.3 is 9.87 Å². The Morgan fingerprint density at radius 1 is 1.64 bits per heavy atom. The fourth-order valence-corrected chi connectivity index (χ4v) is 1.63. The standard InChI is InChI=1S/C5H8N2O5S.K/c1-3(8)6-4-2-7(5(4)9)13(10,11)12;/h4H,2H2,1H3,(H,6,8)(H,10,11,12);/q;+1/p-1. The molecule has 7 nitrogen and oxygen atoms in total.